The zero-order valence-corrected chi connectivity index (χ0v) is 9.09. The first-order valence-electron chi connectivity index (χ1n) is 4.29. The minimum Gasteiger partial charge on any atom is -0.258 e. The van der Waals surface area contributed by atoms with Crippen LogP contribution in [0.3, 0.4) is 0 Å². The molecule has 0 fully saturated rings. The lowest BCUT2D eigenvalue weighted by Crippen LogP contribution is -1.93. The monoisotopic (exact) mass is 237 g/mol. The molecule has 2 aromatic rings. The van der Waals surface area contributed by atoms with Gasteiger partial charge in [0.2, 0.25) is 5.16 Å². The number of rotatable bonds is 3. The van der Waals surface area contributed by atoms with Crippen molar-refractivity contribution < 1.29 is 4.92 Å². The fourth-order valence-corrected chi connectivity index (χ4v) is 1.86. The van der Waals surface area contributed by atoms with E-state index in [-0.39, 0.29) is 5.69 Å². The summed E-state index contributed by atoms with van der Waals surface area (Å²) in [5, 5.41) is 15.5. The van der Waals surface area contributed by atoms with Crippen LogP contribution in [0, 0.1) is 10.1 Å². The number of aryl methyl sites for hydroxylation is 1. The first kappa shape index (κ1) is 10.6. The van der Waals surface area contributed by atoms with E-state index in [1.54, 1.807) is 7.05 Å². The number of nitrogens with zero attached hydrogens (tertiary/aromatic N) is 5. The predicted molar refractivity (Wildman–Crippen MR) is 56.0 cm³/mol. The second-order valence-corrected chi connectivity index (χ2v) is 3.84. The van der Waals surface area contributed by atoms with Crippen LogP contribution >= 0.6 is 11.8 Å². The Morgan fingerprint density at radius 2 is 2.31 bits per heavy atom. The number of aromatic nitrogens is 4. The van der Waals surface area contributed by atoms with Crippen LogP contribution in [-0.4, -0.2) is 24.7 Å². The largest absolute Gasteiger partial charge is 0.301 e. The van der Waals surface area contributed by atoms with Crippen LogP contribution in [0.1, 0.15) is 0 Å². The fourth-order valence-electron chi connectivity index (χ4n) is 1.05. The van der Waals surface area contributed by atoms with Gasteiger partial charge in [-0.2, -0.15) is 0 Å². The predicted octanol–water partition coefficient (Wildman–Crippen LogP) is 1.27. The van der Waals surface area contributed by atoms with Gasteiger partial charge in [0.1, 0.15) is 6.33 Å². The molecule has 0 aliphatic rings. The molecule has 0 atom stereocenters. The second-order valence-electron chi connectivity index (χ2n) is 2.89. The SMILES string of the molecule is Cn1cnc(Sc2ncccc2[N+](=O)[O-])n1. The lowest BCUT2D eigenvalue weighted by Gasteiger charge is -1.97. The van der Waals surface area contributed by atoms with Gasteiger partial charge in [-0.05, 0) is 17.8 Å². The highest BCUT2D eigenvalue weighted by atomic mass is 32.2. The molecule has 82 valence electrons. The van der Waals surface area contributed by atoms with Crippen LogP contribution in [-0.2, 0) is 7.05 Å². The Bertz CT molecular complexity index is 527. The average Bonchev–Trinajstić information content (AvgIpc) is 2.64. The Kier molecular flexibility index (Phi) is 2.82. The molecule has 0 radical (unpaired) electrons. The van der Waals surface area contributed by atoms with Crippen molar-refractivity contribution in [1.29, 1.82) is 0 Å². The van der Waals surface area contributed by atoms with E-state index in [0.717, 1.165) is 11.8 Å². The first-order chi connectivity index (χ1) is 7.66. The van der Waals surface area contributed by atoms with E-state index in [2.05, 4.69) is 15.1 Å². The summed E-state index contributed by atoms with van der Waals surface area (Å²) in [5.41, 5.74) is -0.0417. The molecule has 0 bridgehead atoms. The van der Waals surface area contributed by atoms with Gasteiger partial charge < -0.3 is 0 Å². The molecule has 0 aliphatic heterocycles. The summed E-state index contributed by atoms with van der Waals surface area (Å²) < 4.78 is 1.52. The molecule has 7 nitrogen and oxygen atoms in total. The molecule has 0 saturated carbocycles. The molecule has 0 unspecified atom stereocenters. The first-order valence-corrected chi connectivity index (χ1v) is 5.11. The lowest BCUT2D eigenvalue weighted by molar-refractivity contribution is -0.388. The van der Waals surface area contributed by atoms with Gasteiger partial charge in [0, 0.05) is 19.3 Å². The van der Waals surface area contributed by atoms with Gasteiger partial charge in [-0.25, -0.2) is 9.97 Å². The summed E-state index contributed by atoms with van der Waals surface area (Å²) in [4.78, 5) is 18.1. The molecule has 8 heteroatoms. The van der Waals surface area contributed by atoms with E-state index < -0.39 is 4.92 Å². The molecular weight excluding hydrogens is 230 g/mol. The van der Waals surface area contributed by atoms with Crippen molar-refractivity contribution >= 4 is 17.4 Å². The van der Waals surface area contributed by atoms with Crippen molar-refractivity contribution in [3.63, 3.8) is 0 Å². The van der Waals surface area contributed by atoms with Gasteiger partial charge in [-0.3, -0.25) is 14.8 Å². The Labute approximate surface area is 94.7 Å². The smallest absolute Gasteiger partial charge is 0.258 e. The number of nitro groups is 1. The average molecular weight is 237 g/mol. The molecule has 0 N–H and O–H groups in total. The Balaban J connectivity index is 2.31. The Morgan fingerprint density at radius 1 is 1.50 bits per heavy atom. The van der Waals surface area contributed by atoms with Crippen LogP contribution in [0.25, 0.3) is 0 Å². The molecule has 2 heterocycles. The van der Waals surface area contributed by atoms with E-state index in [0.29, 0.717) is 10.2 Å². The Hall–Kier alpha value is -1.96. The van der Waals surface area contributed by atoms with Crippen molar-refractivity contribution in [3.8, 4) is 0 Å². The topological polar surface area (TPSA) is 86.7 Å². The van der Waals surface area contributed by atoms with E-state index in [1.807, 2.05) is 0 Å². The van der Waals surface area contributed by atoms with E-state index >= 15 is 0 Å². The van der Waals surface area contributed by atoms with Crippen LogP contribution in [0.5, 0.6) is 0 Å². The summed E-state index contributed by atoms with van der Waals surface area (Å²) in [6, 6.07) is 2.92. The molecule has 16 heavy (non-hydrogen) atoms. The van der Waals surface area contributed by atoms with Crippen molar-refractivity contribution in [2.75, 3.05) is 0 Å². The highest BCUT2D eigenvalue weighted by Crippen LogP contribution is 2.29. The highest BCUT2D eigenvalue weighted by Gasteiger charge is 2.16. The number of pyridine rings is 1. The molecule has 0 aliphatic carbocycles. The zero-order chi connectivity index (χ0) is 11.5. The molecular formula is C8H7N5O2S. The minimum atomic E-state index is -0.474. The van der Waals surface area contributed by atoms with Crippen LogP contribution in [0.2, 0.25) is 0 Å². The van der Waals surface area contributed by atoms with Crippen LogP contribution in [0.15, 0.2) is 34.8 Å². The van der Waals surface area contributed by atoms with Crippen molar-refractivity contribution in [1.82, 2.24) is 19.7 Å². The molecule has 0 aromatic carbocycles. The van der Waals surface area contributed by atoms with Crippen LogP contribution < -0.4 is 0 Å². The summed E-state index contributed by atoms with van der Waals surface area (Å²) in [7, 11) is 1.73. The van der Waals surface area contributed by atoms with E-state index in [4.69, 9.17) is 0 Å². The molecule has 2 rings (SSSR count). The number of hydrogen-bond donors (Lipinski definition) is 0. The normalized spacial score (nSPS) is 10.3. The standard InChI is InChI=1S/C8H7N5O2S/c1-12-5-10-8(11-12)16-7-6(13(14)15)3-2-4-9-7/h2-5H,1H3. The summed E-state index contributed by atoms with van der Waals surface area (Å²) >= 11 is 1.07. The fraction of sp³-hybridized carbons (Fsp3) is 0.125. The lowest BCUT2D eigenvalue weighted by atomic mass is 10.4. The van der Waals surface area contributed by atoms with Gasteiger partial charge in [0.05, 0.1) is 4.92 Å². The van der Waals surface area contributed by atoms with Gasteiger partial charge in [-0.15, -0.1) is 5.10 Å². The van der Waals surface area contributed by atoms with Gasteiger partial charge in [0.25, 0.3) is 0 Å². The third kappa shape index (κ3) is 2.16. The molecule has 0 amide bonds. The third-order valence-electron chi connectivity index (χ3n) is 1.71. The summed E-state index contributed by atoms with van der Waals surface area (Å²) in [5.74, 6) is 0. The molecule has 0 saturated heterocycles. The van der Waals surface area contributed by atoms with Crippen LogP contribution in [0.4, 0.5) is 5.69 Å². The van der Waals surface area contributed by atoms with Crippen molar-refractivity contribution in [3.05, 3.63) is 34.8 Å². The van der Waals surface area contributed by atoms with Gasteiger partial charge in [0.15, 0.2) is 5.03 Å². The minimum absolute atomic E-state index is 0.0417. The molecule has 0 spiro atoms. The zero-order valence-electron chi connectivity index (χ0n) is 8.27. The highest BCUT2D eigenvalue weighted by molar-refractivity contribution is 7.99. The maximum atomic E-state index is 10.7. The third-order valence-corrected chi connectivity index (χ3v) is 2.59. The second kappa shape index (κ2) is 4.27. The number of hydrogen-bond acceptors (Lipinski definition) is 6. The van der Waals surface area contributed by atoms with Gasteiger partial charge in [-0.1, -0.05) is 0 Å². The van der Waals surface area contributed by atoms with E-state index in [1.165, 1.54) is 29.3 Å². The maximum Gasteiger partial charge on any atom is 0.301 e. The van der Waals surface area contributed by atoms with Gasteiger partial charge >= 0.3 is 5.69 Å². The van der Waals surface area contributed by atoms with E-state index in [9.17, 15) is 10.1 Å². The summed E-state index contributed by atoms with van der Waals surface area (Å²) in [6.45, 7) is 0. The molecule has 2 aromatic heterocycles. The Morgan fingerprint density at radius 3 is 2.94 bits per heavy atom. The maximum absolute atomic E-state index is 10.7. The summed E-state index contributed by atoms with van der Waals surface area (Å²) in [6.07, 6.45) is 3.02. The van der Waals surface area contributed by atoms with Crippen molar-refractivity contribution in [2.24, 2.45) is 7.05 Å². The quantitative estimate of drug-likeness (QED) is 0.590. The van der Waals surface area contributed by atoms with Crippen molar-refractivity contribution in [2.45, 2.75) is 10.2 Å².